The molecule has 0 aliphatic heterocycles. The third kappa shape index (κ3) is 2.82. The molecule has 5 nitrogen and oxygen atoms in total. The molecule has 0 radical (unpaired) electrons. The predicted octanol–water partition coefficient (Wildman–Crippen LogP) is 1.04. The van der Waals surface area contributed by atoms with E-state index in [9.17, 15) is 9.90 Å². The molecule has 1 atom stereocenters. The minimum atomic E-state index is -0.538. The van der Waals surface area contributed by atoms with E-state index in [1.165, 1.54) is 0 Å². The molecule has 2 N–H and O–H groups in total. The minimum absolute atomic E-state index is 0.116. The Morgan fingerprint density at radius 3 is 2.56 bits per heavy atom. The maximum absolute atomic E-state index is 11.8. The molecule has 0 saturated carbocycles. The number of aliphatic hydroxyl groups excluding tert-OH is 1. The van der Waals surface area contributed by atoms with Crippen molar-refractivity contribution in [1.82, 2.24) is 10.5 Å². The highest BCUT2D eigenvalue weighted by Crippen LogP contribution is 2.11. The lowest BCUT2D eigenvalue weighted by Crippen LogP contribution is -2.35. The highest BCUT2D eigenvalue weighted by molar-refractivity contribution is 5.96. The maximum Gasteiger partial charge on any atom is 0.256 e. The number of nitrogens with one attached hydrogen (secondary N) is 1. The molecular formula is C11H18N2O3. The molecule has 0 aliphatic rings. The van der Waals surface area contributed by atoms with Gasteiger partial charge in [-0.1, -0.05) is 19.0 Å². The average Bonchev–Trinajstić information content (AvgIpc) is 2.54. The van der Waals surface area contributed by atoms with E-state index >= 15 is 0 Å². The second kappa shape index (κ2) is 5.12. The van der Waals surface area contributed by atoms with Crippen LogP contribution in [0.15, 0.2) is 4.52 Å². The van der Waals surface area contributed by atoms with Crippen LogP contribution >= 0.6 is 0 Å². The van der Waals surface area contributed by atoms with Crippen molar-refractivity contribution >= 4 is 5.91 Å². The van der Waals surface area contributed by atoms with Gasteiger partial charge in [-0.25, -0.2) is 0 Å². The first-order valence-electron chi connectivity index (χ1n) is 5.32. The van der Waals surface area contributed by atoms with E-state index in [1.807, 2.05) is 13.8 Å². The second-order valence-electron chi connectivity index (χ2n) is 4.22. The molecule has 90 valence electrons. The van der Waals surface area contributed by atoms with Crippen molar-refractivity contribution in [2.45, 2.75) is 33.8 Å². The maximum atomic E-state index is 11.8. The van der Waals surface area contributed by atoms with Gasteiger partial charge in [-0.15, -0.1) is 0 Å². The number of nitrogens with zero attached hydrogens (tertiary/aromatic N) is 1. The molecule has 0 spiro atoms. The summed E-state index contributed by atoms with van der Waals surface area (Å²) in [5.41, 5.74) is 1.02. The second-order valence-corrected chi connectivity index (χ2v) is 4.22. The molecule has 1 amide bonds. The van der Waals surface area contributed by atoms with E-state index in [4.69, 9.17) is 4.52 Å². The molecular weight excluding hydrogens is 208 g/mol. The molecule has 0 aromatic carbocycles. The normalized spacial score (nSPS) is 12.9. The zero-order chi connectivity index (χ0) is 12.3. The van der Waals surface area contributed by atoms with E-state index in [1.54, 1.807) is 13.8 Å². The Labute approximate surface area is 94.8 Å². The number of hydrogen-bond acceptors (Lipinski definition) is 4. The summed E-state index contributed by atoms with van der Waals surface area (Å²) < 4.78 is 4.90. The first kappa shape index (κ1) is 12.7. The van der Waals surface area contributed by atoms with Gasteiger partial charge in [-0.3, -0.25) is 4.79 Å². The molecule has 1 rings (SSSR count). The Hall–Kier alpha value is -1.36. The van der Waals surface area contributed by atoms with Gasteiger partial charge < -0.3 is 14.9 Å². The van der Waals surface area contributed by atoms with Gasteiger partial charge in [0, 0.05) is 6.54 Å². The summed E-state index contributed by atoms with van der Waals surface area (Å²) >= 11 is 0. The minimum Gasteiger partial charge on any atom is -0.391 e. The van der Waals surface area contributed by atoms with Crippen molar-refractivity contribution in [1.29, 1.82) is 0 Å². The van der Waals surface area contributed by atoms with E-state index in [-0.39, 0.29) is 18.4 Å². The summed E-state index contributed by atoms with van der Waals surface area (Å²) in [5.74, 6) is 0.356. The van der Waals surface area contributed by atoms with E-state index in [2.05, 4.69) is 10.5 Å². The van der Waals surface area contributed by atoms with Crippen molar-refractivity contribution in [3.05, 3.63) is 17.0 Å². The highest BCUT2D eigenvalue weighted by Gasteiger charge is 2.18. The van der Waals surface area contributed by atoms with Gasteiger partial charge in [0.25, 0.3) is 5.91 Å². The molecule has 1 aromatic heterocycles. The monoisotopic (exact) mass is 226 g/mol. The van der Waals surface area contributed by atoms with Crippen LogP contribution in [0.1, 0.15) is 35.7 Å². The van der Waals surface area contributed by atoms with Crippen molar-refractivity contribution in [3.8, 4) is 0 Å². The predicted molar refractivity (Wildman–Crippen MR) is 59.2 cm³/mol. The molecule has 1 heterocycles. The lowest BCUT2D eigenvalue weighted by molar-refractivity contribution is 0.0869. The Morgan fingerprint density at radius 2 is 2.12 bits per heavy atom. The summed E-state index contributed by atoms with van der Waals surface area (Å²) in [6, 6.07) is 0. The van der Waals surface area contributed by atoms with Crippen LogP contribution in [0.3, 0.4) is 0 Å². The van der Waals surface area contributed by atoms with Crippen LogP contribution in [0.5, 0.6) is 0 Å². The van der Waals surface area contributed by atoms with Gasteiger partial charge in [-0.2, -0.15) is 0 Å². The van der Waals surface area contributed by atoms with Crippen LogP contribution in [0.25, 0.3) is 0 Å². The van der Waals surface area contributed by atoms with Crippen molar-refractivity contribution < 1.29 is 14.4 Å². The third-order valence-electron chi connectivity index (χ3n) is 2.50. The molecule has 16 heavy (non-hydrogen) atoms. The summed E-state index contributed by atoms with van der Waals surface area (Å²) in [4.78, 5) is 11.8. The van der Waals surface area contributed by atoms with Gasteiger partial charge in [0.05, 0.1) is 11.8 Å². The SMILES string of the molecule is Cc1noc(C)c1C(=O)NCC(O)C(C)C. The Bertz CT molecular complexity index is 352. The summed E-state index contributed by atoms with van der Waals surface area (Å²) in [6.07, 6.45) is -0.538. The number of aliphatic hydroxyl groups is 1. The number of amides is 1. The van der Waals surface area contributed by atoms with Gasteiger partial charge in [-0.05, 0) is 19.8 Å². The standard InChI is InChI=1S/C11H18N2O3/c1-6(2)9(14)5-12-11(15)10-7(3)13-16-8(10)4/h6,9,14H,5H2,1-4H3,(H,12,15). The largest absolute Gasteiger partial charge is 0.391 e. The third-order valence-corrected chi connectivity index (χ3v) is 2.50. The quantitative estimate of drug-likeness (QED) is 0.804. The number of carbonyl (C=O) groups is 1. The topological polar surface area (TPSA) is 75.4 Å². The molecule has 0 saturated heterocycles. The highest BCUT2D eigenvalue weighted by atomic mass is 16.5. The van der Waals surface area contributed by atoms with Crippen LogP contribution in [0.4, 0.5) is 0 Å². The number of hydrogen-bond donors (Lipinski definition) is 2. The smallest absolute Gasteiger partial charge is 0.256 e. The van der Waals surface area contributed by atoms with Crippen molar-refractivity contribution in [3.63, 3.8) is 0 Å². The van der Waals surface area contributed by atoms with Crippen LogP contribution in [-0.4, -0.2) is 28.8 Å². The molecule has 0 aliphatic carbocycles. The van der Waals surface area contributed by atoms with Crippen LogP contribution in [0.2, 0.25) is 0 Å². The first-order chi connectivity index (χ1) is 7.43. The van der Waals surface area contributed by atoms with E-state index < -0.39 is 6.10 Å². The molecule has 0 bridgehead atoms. The fraction of sp³-hybridized carbons (Fsp3) is 0.636. The summed E-state index contributed by atoms with van der Waals surface area (Å²) in [7, 11) is 0. The summed E-state index contributed by atoms with van der Waals surface area (Å²) in [5, 5.41) is 15.9. The Balaban J connectivity index is 2.60. The number of carbonyl (C=O) groups excluding carboxylic acids is 1. The fourth-order valence-corrected chi connectivity index (χ4v) is 1.33. The van der Waals surface area contributed by atoms with Crippen molar-refractivity contribution in [2.24, 2.45) is 5.92 Å². The van der Waals surface area contributed by atoms with Crippen LogP contribution < -0.4 is 5.32 Å². The molecule has 1 unspecified atom stereocenters. The van der Waals surface area contributed by atoms with Gasteiger partial charge in [0.1, 0.15) is 11.3 Å². The zero-order valence-electron chi connectivity index (χ0n) is 10.1. The molecule has 1 aromatic rings. The van der Waals surface area contributed by atoms with Crippen molar-refractivity contribution in [2.75, 3.05) is 6.54 Å². The zero-order valence-corrected chi connectivity index (χ0v) is 10.1. The lowest BCUT2D eigenvalue weighted by atomic mass is 10.1. The average molecular weight is 226 g/mol. The summed E-state index contributed by atoms with van der Waals surface area (Å²) in [6.45, 7) is 7.43. The lowest BCUT2D eigenvalue weighted by Gasteiger charge is -2.14. The van der Waals surface area contributed by atoms with E-state index in [0.29, 0.717) is 17.0 Å². The van der Waals surface area contributed by atoms with E-state index in [0.717, 1.165) is 0 Å². The Morgan fingerprint density at radius 1 is 1.50 bits per heavy atom. The number of aromatic nitrogens is 1. The number of aryl methyl sites for hydroxylation is 2. The fourth-order valence-electron chi connectivity index (χ4n) is 1.33. The molecule has 0 fully saturated rings. The van der Waals surface area contributed by atoms with Crippen LogP contribution in [-0.2, 0) is 0 Å². The molecule has 5 heteroatoms. The Kier molecular flexibility index (Phi) is 4.06. The van der Waals surface area contributed by atoms with Gasteiger partial charge in [0.2, 0.25) is 0 Å². The van der Waals surface area contributed by atoms with Gasteiger partial charge in [0.15, 0.2) is 0 Å². The van der Waals surface area contributed by atoms with Crippen LogP contribution in [0, 0.1) is 19.8 Å². The number of rotatable bonds is 4. The van der Waals surface area contributed by atoms with Gasteiger partial charge >= 0.3 is 0 Å². The first-order valence-corrected chi connectivity index (χ1v) is 5.32.